The summed E-state index contributed by atoms with van der Waals surface area (Å²) in [6.45, 7) is 0. The molecule has 1 aromatic carbocycles. The molecular weight excluding hydrogens is 458 g/mol. The number of aromatic amines is 1. The van der Waals surface area contributed by atoms with Gasteiger partial charge in [0.15, 0.2) is 11.8 Å². The lowest BCUT2D eigenvalue weighted by Crippen LogP contribution is -2.43. The molecule has 0 aliphatic carbocycles. The van der Waals surface area contributed by atoms with Crippen LogP contribution in [0.25, 0.3) is 11.0 Å². The Labute approximate surface area is 198 Å². The normalized spacial score (nSPS) is 12.7. The number of Topliss-reactive ketones (excluding diaryl/α,β-unsaturated/α-hetero) is 1. The lowest BCUT2D eigenvalue weighted by atomic mass is 10.0. The Hall–Kier alpha value is -4.52. The van der Waals surface area contributed by atoms with E-state index in [1.807, 2.05) is 0 Å². The number of hydrogen-bond acceptors (Lipinski definition) is 9. The SMILES string of the molecule is Nc1nc(N)c2c(CCc3ccc(C(=O)N[C@@H](CCC(=O)C(N)C(=O)O)C(=O)O)cc3)c[nH]c2n1. The van der Waals surface area contributed by atoms with Crippen molar-refractivity contribution in [2.24, 2.45) is 5.73 Å². The maximum atomic E-state index is 12.5. The number of amides is 1. The standard InChI is InChI=1S/C22H25N7O6/c23-16(21(34)35)14(30)8-7-13(20(32)33)27-19(31)11-4-1-10(2-5-11)3-6-12-9-26-18-15(12)17(24)28-22(25)29-18/h1-2,4-5,9,13,16H,3,6-8,23H2,(H,27,31)(H,32,33)(H,34,35)(H5,24,25,26,28,29)/t13-,16?/m0/s1. The molecule has 13 nitrogen and oxygen atoms in total. The van der Waals surface area contributed by atoms with E-state index >= 15 is 0 Å². The largest absolute Gasteiger partial charge is 0.480 e. The molecule has 0 fully saturated rings. The summed E-state index contributed by atoms with van der Waals surface area (Å²) in [5.74, 6) is -3.95. The second-order valence-electron chi connectivity index (χ2n) is 7.89. The molecule has 2 aromatic heterocycles. The molecule has 1 amide bonds. The number of ketones is 1. The van der Waals surface area contributed by atoms with Gasteiger partial charge < -0.3 is 37.7 Å². The van der Waals surface area contributed by atoms with Gasteiger partial charge in [-0.25, -0.2) is 4.79 Å². The van der Waals surface area contributed by atoms with E-state index in [1.165, 1.54) is 0 Å². The summed E-state index contributed by atoms with van der Waals surface area (Å²) >= 11 is 0. The second kappa shape index (κ2) is 10.6. The van der Waals surface area contributed by atoms with Crippen LogP contribution in [0.5, 0.6) is 0 Å². The number of hydrogen-bond donors (Lipinski definition) is 7. The number of carbonyl (C=O) groups excluding carboxylic acids is 2. The maximum Gasteiger partial charge on any atom is 0.328 e. The van der Waals surface area contributed by atoms with Gasteiger partial charge in [-0.2, -0.15) is 9.97 Å². The Morgan fingerprint density at radius 1 is 1.00 bits per heavy atom. The number of aromatic nitrogens is 3. The van der Waals surface area contributed by atoms with Crippen LogP contribution in [0.2, 0.25) is 0 Å². The smallest absolute Gasteiger partial charge is 0.328 e. The van der Waals surface area contributed by atoms with Crippen molar-refractivity contribution in [3.63, 3.8) is 0 Å². The van der Waals surface area contributed by atoms with Crippen molar-refractivity contribution < 1.29 is 29.4 Å². The summed E-state index contributed by atoms with van der Waals surface area (Å²) < 4.78 is 0. The molecule has 13 heteroatoms. The van der Waals surface area contributed by atoms with Gasteiger partial charge in [-0.3, -0.25) is 14.4 Å². The lowest BCUT2D eigenvalue weighted by Gasteiger charge is -2.15. The number of fused-ring (bicyclic) bond motifs is 1. The summed E-state index contributed by atoms with van der Waals surface area (Å²) in [4.78, 5) is 57.6. The number of benzene rings is 1. The number of anilines is 2. The van der Waals surface area contributed by atoms with E-state index in [-0.39, 0.29) is 23.8 Å². The molecule has 1 unspecified atom stereocenters. The highest BCUT2D eigenvalue weighted by Crippen LogP contribution is 2.24. The third-order valence-corrected chi connectivity index (χ3v) is 5.45. The van der Waals surface area contributed by atoms with Crippen LogP contribution in [0, 0.1) is 0 Å². The first-order valence-corrected chi connectivity index (χ1v) is 10.6. The molecule has 0 aliphatic rings. The van der Waals surface area contributed by atoms with Crippen molar-refractivity contribution in [1.82, 2.24) is 20.3 Å². The van der Waals surface area contributed by atoms with Gasteiger partial charge in [0, 0.05) is 18.2 Å². The number of carboxylic acids is 2. The average Bonchev–Trinajstić information content (AvgIpc) is 3.22. The predicted molar refractivity (Wildman–Crippen MR) is 125 cm³/mol. The molecule has 35 heavy (non-hydrogen) atoms. The molecule has 3 aromatic rings. The van der Waals surface area contributed by atoms with Crippen LogP contribution < -0.4 is 22.5 Å². The summed E-state index contributed by atoms with van der Waals surface area (Å²) in [6.07, 6.45) is 2.35. The number of carboxylic acid groups (broad SMARTS) is 2. The van der Waals surface area contributed by atoms with Gasteiger partial charge in [0.2, 0.25) is 5.95 Å². The lowest BCUT2D eigenvalue weighted by molar-refractivity contribution is -0.142. The van der Waals surface area contributed by atoms with Gasteiger partial charge in [0.25, 0.3) is 5.91 Å². The van der Waals surface area contributed by atoms with Gasteiger partial charge in [-0.1, -0.05) is 12.1 Å². The van der Waals surface area contributed by atoms with Crippen LogP contribution in [0.1, 0.15) is 34.3 Å². The van der Waals surface area contributed by atoms with Gasteiger partial charge in [0.1, 0.15) is 17.5 Å². The molecule has 10 N–H and O–H groups in total. The van der Waals surface area contributed by atoms with E-state index in [9.17, 15) is 24.3 Å². The van der Waals surface area contributed by atoms with Crippen molar-refractivity contribution in [2.75, 3.05) is 11.5 Å². The monoisotopic (exact) mass is 483 g/mol. The highest BCUT2D eigenvalue weighted by atomic mass is 16.4. The minimum atomic E-state index is -1.74. The molecule has 0 saturated heterocycles. The minimum absolute atomic E-state index is 0.0813. The third kappa shape index (κ3) is 6.09. The predicted octanol–water partition coefficient (Wildman–Crippen LogP) is -0.148. The number of aryl methyl sites for hydroxylation is 2. The zero-order valence-electron chi connectivity index (χ0n) is 18.5. The fourth-order valence-electron chi connectivity index (χ4n) is 3.52. The number of nitrogens with one attached hydrogen (secondary N) is 2. The van der Waals surface area contributed by atoms with E-state index < -0.39 is 42.1 Å². The Balaban J connectivity index is 1.59. The zero-order chi connectivity index (χ0) is 25.7. The molecule has 2 heterocycles. The number of nitrogen functional groups attached to an aromatic ring is 2. The van der Waals surface area contributed by atoms with Gasteiger partial charge in [0.05, 0.1) is 5.39 Å². The molecule has 0 aliphatic heterocycles. The van der Waals surface area contributed by atoms with Crippen molar-refractivity contribution in [3.8, 4) is 0 Å². The highest BCUT2D eigenvalue weighted by molar-refractivity contribution is 6.02. The van der Waals surface area contributed by atoms with E-state index in [0.29, 0.717) is 23.9 Å². The number of rotatable bonds is 11. The van der Waals surface area contributed by atoms with Crippen molar-refractivity contribution in [2.45, 2.75) is 37.8 Å². The number of nitrogens with two attached hydrogens (primary N) is 3. The second-order valence-corrected chi connectivity index (χ2v) is 7.89. The van der Waals surface area contributed by atoms with E-state index in [4.69, 9.17) is 22.3 Å². The average molecular weight is 483 g/mol. The molecule has 0 bridgehead atoms. The molecule has 2 atom stereocenters. The van der Waals surface area contributed by atoms with Gasteiger partial charge in [-0.15, -0.1) is 0 Å². The quantitative estimate of drug-likeness (QED) is 0.177. The van der Waals surface area contributed by atoms with Crippen LogP contribution in [-0.4, -0.2) is 60.9 Å². The Kier molecular flexibility index (Phi) is 7.61. The summed E-state index contributed by atoms with van der Waals surface area (Å²) in [7, 11) is 0. The molecule has 184 valence electrons. The van der Waals surface area contributed by atoms with Crippen molar-refractivity contribution in [3.05, 3.63) is 47.2 Å². The number of nitrogens with zero attached hydrogens (tertiary/aromatic N) is 2. The Morgan fingerprint density at radius 3 is 2.31 bits per heavy atom. The van der Waals surface area contributed by atoms with E-state index in [1.54, 1.807) is 30.5 Å². The van der Waals surface area contributed by atoms with Gasteiger partial charge >= 0.3 is 11.9 Å². The first kappa shape index (κ1) is 25.1. The molecular formula is C22H25N7O6. The topological polar surface area (TPSA) is 240 Å². The van der Waals surface area contributed by atoms with Crippen molar-refractivity contribution in [1.29, 1.82) is 0 Å². The van der Waals surface area contributed by atoms with Crippen LogP contribution in [0.4, 0.5) is 11.8 Å². The van der Waals surface area contributed by atoms with Gasteiger partial charge in [-0.05, 0) is 42.5 Å². The first-order valence-electron chi connectivity index (χ1n) is 10.6. The van der Waals surface area contributed by atoms with E-state index in [0.717, 1.165) is 11.1 Å². The van der Waals surface area contributed by atoms with Crippen LogP contribution >= 0.6 is 0 Å². The Morgan fingerprint density at radius 2 is 1.69 bits per heavy atom. The summed E-state index contributed by atoms with van der Waals surface area (Å²) in [6, 6.07) is 3.49. The molecule has 0 saturated carbocycles. The first-order chi connectivity index (χ1) is 16.6. The molecule has 0 radical (unpaired) electrons. The molecule has 0 spiro atoms. The maximum absolute atomic E-state index is 12.5. The van der Waals surface area contributed by atoms with Crippen molar-refractivity contribution >= 4 is 46.4 Å². The van der Waals surface area contributed by atoms with Crippen LogP contribution in [-0.2, 0) is 27.2 Å². The van der Waals surface area contributed by atoms with E-state index in [2.05, 4.69) is 20.3 Å². The third-order valence-electron chi connectivity index (χ3n) is 5.45. The Bertz CT molecular complexity index is 1270. The minimum Gasteiger partial charge on any atom is -0.480 e. The molecule has 3 rings (SSSR count). The fraction of sp³-hybridized carbons (Fsp3) is 0.273. The zero-order valence-corrected chi connectivity index (χ0v) is 18.5. The highest BCUT2D eigenvalue weighted by Gasteiger charge is 2.26. The van der Waals surface area contributed by atoms with Crippen LogP contribution in [0.3, 0.4) is 0 Å². The number of H-pyrrole nitrogens is 1. The number of aliphatic carboxylic acids is 2. The van der Waals surface area contributed by atoms with Crippen LogP contribution in [0.15, 0.2) is 30.5 Å². The summed E-state index contributed by atoms with van der Waals surface area (Å²) in [5.41, 5.74) is 19.4. The number of carbonyl (C=O) groups is 4. The fourth-order valence-corrected chi connectivity index (χ4v) is 3.52. The summed E-state index contributed by atoms with van der Waals surface area (Å²) in [5, 5.41) is 21.1.